The van der Waals surface area contributed by atoms with Gasteiger partial charge in [0.2, 0.25) is 0 Å². The van der Waals surface area contributed by atoms with E-state index in [9.17, 15) is 4.79 Å². The maximum atomic E-state index is 11.4. The van der Waals surface area contributed by atoms with E-state index in [2.05, 4.69) is 5.32 Å². The van der Waals surface area contributed by atoms with Gasteiger partial charge in [-0.25, -0.2) is 4.79 Å². The Morgan fingerprint density at radius 2 is 2.47 bits per heavy atom. The molecule has 0 bridgehead atoms. The molecule has 1 unspecified atom stereocenters. The lowest BCUT2D eigenvalue weighted by Crippen LogP contribution is -2.22. The molecule has 0 spiro atoms. The van der Waals surface area contributed by atoms with Crippen molar-refractivity contribution in [3.8, 4) is 6.07 Å². The van der Waals surface area contributed by atoms with Gasteiger partial charge >= 0.3 is 5.97 Å². The SMILES string of the molecule is CCOC(=O)/C(C#N)=C1/NC(C)CN1C. The molecule has 1 heterocycles. The fraction of sp³-hybridized carbons (Fsp3) is 0.600. The summed E-state index contributed by atoms with van der Waals surface area (Å²) >= 11 is 0. The summed E-state index contributed by atoms with van der Waals surface area (Å²) in [4.78, 5) is 13.3. The summed E-state index contributed by atoms with van der Waals surface area (Å²) in [5.74, 6) is -0.00750. The lowest BCUT2D eigenvalue weighted by atomic mass is 10.3. The highest BCUT2D eigenvalue weighted by molar-refractivity contribution is 5.93. The van der Waals surface area contributed by atoms with Crippen molar-refractivity contribution >= 4 is 5.97 Å². The summed E-state index contributed by atoms with van der Waals surface area (Å²) in [7, 11) is 1.84. The summed E-state index contributed by atoms with van der Waals surface area (Å²) in [6, 6.07) is 2.12. The Hall–Kier alpha value is -1.70. The zero-order valence-corrected chi connectivity index (χ0v) is 9.20. The van der Waals surface area contributed by atoms with E-state index in [-0.39, 0.29) is 18.2 Å². The van der Waals surface area contributed by atoms with Crippen LogP contribution in [0.4, 0.5) is 0 Å². The first-order valence-corrected chi connectivity index (χ1v) is 4.89. The molecular formula is C10H15N3O2. The predicted molar refractivity (Wildman–Crippen MR) is 54.5 cm³/mol. The number of hydrogen-bond donors (Lipinski definition) is 1. The highest BCUT2D eigenvalue weighted by Crippen LogP contribution is 2.14. The van der Waals surface area contributed by atoms with Gasteiger partial charge in [0.25, 0.3) is 0 Å². The predicted octanol–water partition coefficient (Wildman–Crippen LogP) is 0.208. The summed E-state index contributed by atoms with van der Waals surface area (Å²) in [6.45, 7) is 4.76. The van der Waals surface area contributed by atoms with Gasteiger partial charge in [-0.05, 0) is 13.8 Å². The smallest absolute Gasteiger partial charge is 0.352 e. The van der Waals surface area contributed by atoms with Crippen molar-refractivity contribution in [2.24, 2.45) is 0 Å². The Labute approximate surface area is 89.3 Å². The minimum absolute atomic E-state index is 0.0451. The molecule has 0 aromatic carbocycles. The number of rotatable bonds is 2. The van der Waals surface area contributed by atoms with Crippen molar-refractivity contribution < 1.29 is 9.53 Å². The number of likely N-dealkylation sites (N-methyl/N-ethyl adjacent to an activating group) is 1. The number of hydrogen-bond acceptors (Lipinski definition) is 5. The van der Waals surface area contributed by atoms with Crippen LogP contribution in [0.15, 0.2) is 11.4 Å². The number of ether oxygens (including phenoxy) is 1. The standard InChI is InChI=1S/C10H15N3O2/c1-4-15-10(14)8(5-11)9-12-7(2)6-13(9)3/h7,12H,4,6H2,1-3H3/b9-8-. The molecule has 82 valence electrons. The molecule has 1 aliphatic rings. The third-order valence-corrected chi connectivity index (χ3v) is 2.14. The minimum Gasteiger partial charge on any atom is -0.462 e. The molecule has 0 amide bonds. The Morgan fingerprint density at radius 1 is 1.80 bits per heavy atom. The summed E-state index contributed by atoms with van der Waals surface area (Å²) in [5.41, 5.74) is 0.0451. The third-order valence-electron chi connectivity index (χ3n) is 2.14. The maximum absolute atomic E-state index is 11.4. The van der Waals surface area contributed by atoms with Gasteiger partial charge in [0.1, 0.15) is 11.9 Å². The van der Waals surface area contributed by atoms with E-state index in [1.54, 1.807) is 6.92 Å². The van der Waals surface area contributed by atoms with E-state index in [0.717, 1.165) is 6.54 Å². The number of nitrogens with zero attached hydrogens (tertiary/aromatic N) is 2. The van der Waals surface area contributed by atoms with Crippen LogP contribution >= 0.6 is 0 Å². The summed E-state index contributed by atoms with van der Waals surface area (Å²) < 4.78 is 4.80. The van der Waals surface area contributed by atoms with Crippen LogP contribution in [0.1, 0.15) is 13.8 Å². The second-order valence-corrected chi connectivity index (χ2v) is 3.48. The highest BCUT2D eigenvalue weighted by atomic mass is 16.5. The van der Waals surface area contributed by atoms with E-state index in [4.69, 9.17) is 10.00 Å². The number of carbonyl (C=O) groups is 1. The molecule has 0 radical (unpaired) electrons. The van der Waals surface area contributed by atoms with Crippen LogP contribution in [0, 0.1) is 11.3 Å². The summed E-state index contributed by atoms with van der Waals surface area (Å²) in [6.07, 6.45) is 0. The number of nitriles is 1. The molecule has 1 atom stereocenters. The lowest BCUT2D eigenvalue weighted by Gasteiger charge is -2.12. The Kier molecular flexibility index (Phi) is 3.56. The van der Waals surface area contributed by atoms with Gasteiger partial charge in [-0.15, -0.1) is 0 Å². The van der Waals surface area contributed by atoms with Crippen molar-refractivity contribution in [2.75, 3.05) is 20.2 Å². The zero-order valence-electron chi connectivity index (χ0n) is 9.20. The number of esters is 1. The Bertz CT molecular complexity index is 330. The topological polar surface area (TPSA) is 65.4 Å². The van der Waals surface area contributed by atoms with E-state index in [1.807, 2.05) is 24.9 Å². The molecule has 1 fully saturated rings. The molecule has 5 nitrogen and oxygen atoms in total. The van der Waals surface area contributed by atoms with Gasteiger partial charge in [-0.1, -0.05) is 0 Å². The number of carbonyl (C=O) groups excluding carboxylic acids is 1. The molecule has 0 saturated carbocycles. The Balaban J connectivity index is 2.94. The first-order valence-electron chi connectivity index (χ1n) is 4.89. The number of nitrogens with one attached hydrogen (secondary N) is 1. The molecule has 0 aromatic heterocycles. The van der Waals surface area contributed by atoms with E-state index >= 15 is 0 Å². The van der Waals surface area contributed by atoms with Gasteiger partial charge in [0, 0.05) is 19.6 Å². The molecule has 1 saturated heterocycles. The fourth-order valence-electron chi connectivity index (χ4n) is 1.55. The molecule has 15 heavy (non-hydrogen) atoms. The third kappa shape index (κ3) is 2.40. The zero-order chi connectivity index (χ0) is 11.4. The van der Waals surface area contributed by atoms with Crippen LogP contribution in [0.5, 0.6) is 0 Å². The Morgan fingerprint density at radius 3 is 2.87 bits per heavy atom. The monoisotopic (exact) mass is 209 g/mol. The maximum Gasteiger partial charge on any atom is 0.352 e. The quantitative estimate of drug-likeness (QED) is 0.400. The molecular weight excluding hydrogens is 194 g/mol. The highest BCUT2D eigenvalue weighted by Gasteiger charge is 2.26. The van der Waals surface area contributed by atoms with Crippen LogP contribution in [0.2, 0.25) is 0 Å². The van der Waals surface area contributed by atoms with Crippen molar-refractivity contribution in [3.63, 3.8) is 0 Å². The van der Waals surface area contributed by atoms with Crippen LogP contribution in [-0.4, -0.2) is 37.1 Å². The molecule has 1 aliphatic heterocycles. The van der Waals surface area contributed by atoms with Crippen LogP contribution in [0.3, 0.4) is 0 Å². The average Bonchev–Trinajstić information content (AvgIpc) is 2.47. The van der Waals surface area contributed by atoms with Gasteiger partial charge in [-0.3, -0.25) is 0 Å². The van der Waals surface area contributed by atoms with E-state index < -0.39 is 5.97 Å². The minimum atomic E-state index is -0.566. The van der Waals surface area contributed by atoms with Crippen LogP contribution < -0.4 is 5.32 Å². The molecule has 0 aliphatic carbocycles. The van der Waals surface area contributed by atoms with Gasteiger partial charge in [0.05, 0.1) is 6.61 Å². The molecule has 1 rings (SSSR count). The first-order chi connectivity index (χ1) is 7.10. The molecule has 0 aromatic rings. The van der Waals surface area contributed by atoms with Gasteiger partial charge in [-0.2, -0.15) is 5.26 Å². The van der Waals surface area contributed by atoms with E-state index in [0.29, 0.717) is 5.82 Å². The van der Waals surface area contributed by atoms with Crippen molar-refractivity contribution in [1.82, 2.24) is 10.2 Å². The molecule has 1 N–H and O–H groups in total. The second kappa shape index (κ2) is 4.69. The summed E-state index contributed by atoms with van der Waals surface area (Å²) in [5, 5.41) is 12.0. The van der Waals surface area contributed by atoms with Crippen molar-refractivity contribution in [2.45, 2.75) is 19.9 Å². The van der Waals surface area contributed by atoms with Crippen LogP contribution in [0.25, 0.3) is 0 Å². The first kappa shape index (κ1) is 11.4. The molecule has 5 heteroatoms. The van der Waals surface area contributed by atoms with Crippen molar-refractivity contribution in [1.29, 1.82) is 5.26 Å². The second-order valence-electron chi connectivity index (χ2n) is 3.48. The average molecular weight is 209 g/mol. The van der Waals surface area contributed by atoms with E-state index in [1.165, 1.54) is 0 Å². The fourth-order valence-corrected chi connectivity index (χ4v) is 1.55. The van der Waals surface area contributed by atoms with Crippen molar-refractivity contribution in [3.05, 3.63) is 11.4 Å². The lowest BCUT2D eigenvalue weighted by molar-refractivity contribution is -0.138. The van der Waals surface area contributed by atoms with Crippen LogP contribution in [-0.2, 0) is 9.53 Å². The largest absolute Gasteiger partial charge is 0.462 e. The van der Waals surface area contributed by atoms with Gasteiger partial charge in [0.15, 0.2) is 5.57 Å². The normalized spacial score (nSPS) is 23.1. The van der Waals surface area contributed by atoms with Gasteiger partial charge < -0.3 is 15.0 Å².